The molecule has 2 aromatic rings. The smallest absolute Gasteiger partial charge is 0.313 e. The molecule has 0 unspecified atom stereocenters. The van der Waals surface area contributed by atoms with Gasteiger partial charge in [-0.15, -0.1) is 10.1 Å². The molecule has 2 aromatic carbocycles. The molecular formula is C32H36N2O15. The van der Waals surface area contributed by atoms with Crippen LogP contribution in [0.25, 0.3) is 0 Å². The molecule has 1 fully saturated rings. The lowest BCUT2D eigenvalue weighted by Gasteiger charge is -2.42. The van der Waals surface area contributed by atoms with Gasteiger partial charge in [0.05, 0.1) is 47.5 Å². The van der Waals surface area contributed by atoms with Gasteiger partial charge < -0.3 is 49.9 Å². The van der Waals surface area contributed by atoms with Crippen molar-refractivity contribution in [3.05, 3.63) is 61.7 Å². The van der Waals surface area contributed by atoms with Crippen molar-refractivity contribution in [3.8, 4) is 17.2 Å². The summed E-state index contributed by atoms with van der Waals surface area (Å²) in [6, 6.07) is 3.44. The third-order valence-electron chi connectivity index (χ3n) is 9.08. The molecule has 0 spiro atoms. The van der Waals surface area contributed by atoms with Crippen LogP contribution < -0.4 is 10.5 Å². The first-order valence-corrected chi connectivity index (χ1v) is 15.2. The summed E-state index contributed by atoms with van der Waals surface area (Å²) >= 11 is 0. The third kappa shape index (κ3) is 6.30. The second-order valence-corrected chi connectivity index (χ2v) is 13.0. The van der Waals surface area contributed by atoms with E-state index in [-0.39, 0.29) is 34.4 Å². The van der Waals surface area contributed by atoms with Gasteiger partial charge in [0.1, 0.15) is 29.5 Å². The number of methoxy groups -OCH3 is 1. The Bertz CT molecular complexity index is 1730. The number of Topliss-reactive ketones (excluding diaryl/α,β-unsaturated/α-hetero) is 1. The molecule has 1 saturated heterocycles. The predicted octanol–water partition coefficient (Wildman–Crippen LogP) is 0.787. The molecule has 49 heavy (non-hydrogen) atoms. The van der Waals surface area contributed by atoms with Crippen LogP contribution in [0.5, 0.6) is 17.2 Å². The highest BCUT2D eigenvalue weighted by Crippen LogP contribution is 2.52. The Kier molecular flexibility index (Phi) is 9.43. The fourth-order valence-corrected chi connectivity index (χ4v) is 6.34. The van der Waals surface area contributed by atoms with Gasteiger partial charge >= 0.3 is 5.97 Å². The van der Waals surface area contributed by atoms with Crippen molar-refractivity contribution in [2.75, 3.05) is 20.3 Å². The quantitative estimate of drug-likeness (QED) is 0.0853. The minimum Gasteiger partial charge on any atom is -0.507 e. The molecule has 17 nitrogen and oxygen atoms in total. The van der Waals surface area contributed by atoms with Gasteiger partial charge in [-0.05, 0) is 26.8 Å². The predicted molar refractivity (Wildman–Crippen MR) is 162 cm³/mol. The lowest BCUT2D eigenvalue weighted by Crippen LogP contribution is -2.53. The van der Waals surface area contributed by atoms with Gasteiger partial charge in [-0.1, -0.05) is 12.1 Å². The van der Waals surface area contributed by atoms with Crippen molar-refractivity contribution in [2.24, 2.45) is 11.1 Å². The average molecular weight is 689 g/mol. The maximum atomic E-state index is 13.8. The van der Waals surface area contributed by atoms with Crippen LogP contribution >= 0.6 is 0 Å². The van der Waals surface area contributed by atoms with Crippen molar-refractivity contribution in [1.82, 2.24) is 0 Å². The van der Waals surface area contributed by atoms with E-state index in [4.69, 9.17) is 24.7 Å². The van der Waals surface area contributed by atoms with E-state index in [9.17, 15) is 49.7 Å². The van der Waals surface area contributed by atoms with Gasteiger partial charge in [-0.2, -0.15) is 0 Å². The second-order valence-electron chi connectivity index (χ2n) is 13.0. The summed E-state index contributed by atoms with van der Waals surface area (Å²) in [6.45, 7) is 2.39. The monoisotopic (exact) mass is 688 g/mol. The summed E-state index contributed by atoms with van der Waals surface area (Å²) < 4.78 is 22.2. The zero-order valence-electron chi connectivity index (χ0n) is 27.0. The summed E-state index contributed by atoms with van der Waals surface area (Å²) in [7, 11) is 1.29. The number of carbonyl (C=O) groups is 4. The Morgan fingerprint density at radius 2 is 1.82 bits per heavy atom. The molecule has 5 rings (SSSR count). The van der Waals surface area contributed by atoms with E-state index in [0.29, 0.717) is 0 Å². The van der Waals surface area contributed by atoms with E-state index in [2.05, 4.69) is 4.84 Å². The van der Waals surface area contributed by atoms with Crippen molar-refractivity contribution in [2.45, 2.75) is 76.3 Å². The van der Waals surface area contributed by atoms with Gasteiger partial charge in [0.15, 0.2) is 18.7 Å². The Balaban J connectivity index is 1.56. The molecule has 17 heteroatoms. The van der Waals surface area contributed by atoms with Gasteiger partial charge in [-0.3, -0.25) is 19.2 Å². The molecule has 3 aliphatic rings. The molecule has 0 bridgehead atoms. The van der Waals surface area contributed by atoms with Gasteiger partial charge in [0.2, 0.25) is 11.6 Å². The first-order chi connectivity index (χ1) is 22.9. The number of ketones is 3. The minimum absolute atomic E-state index is 0.0469. The number of aliphatic hydroxyl groups is 2. The van der Waals surface area contributed by atoms with E-state index in [0.717, 1.165) is 0 Å². The fraction of sp³-hybridized carbons (Fsp3) is 0.500. The van der Waals surface area contributed by atoms with E-state index >= 15 is 0 Å². The van der Waals surface area contributed by atoms with E-state index in [1.54, 1.807) is 0 Å². The molecule has 0 radical (unpaired) electrons. The lowest BCUT2D eigenvalue weighted by molar-refractivity contribution is -0.760. The third-order valence-corrected chi connectivity index (χ3v) is 9.08. The number of carbonyl (C=O) groups excluding carboxylic acids is 4. The number of hydrogen-bond donors (Lipinski definition) is 5. The van der Waals surface area contributed by atoms with Crippen molar-refractivity contribution in [1.29, 1.82) is 0 Å². The van der Waals surface area contributed by atoms with Crippen molar-refractivity contribution >= 4 is 23.3 Å². The summed E-state index contributed by atoms with van der Waals surface area (Å²) in [5.74, 6) is -5.30. The van der Waals surface area contributed by atoms with E-state index in [1.165, 1.54) is 46.1 Å². The zero-order valence-corrected chi connectivity index (χ0v) is 27.0. The highest BCUT2D eigenvalue weighted by molar-refractivity contribution is 6.31. The standard InChI is InChI=1S/C32H36N2O15/c1-13-25(36)16(33)8-20(48-13)49-18-10-32(42,19(35)11-46-30(41)31(2,3)12-47-34(43)44)9-15-22(18)29(40)24-23(27(15)38)26(37)14-6-5-7-17(45-4)21(14)28(24)39/h5-7,13,16,18,20,25,36,38,40,42H,8-12,33H2,1-4H3/t13-,16-,18-,20-,25+,32-/m0/s1. The number of rotatable bonds is 10. The Morgan fingerprint density at radius 3 is 2.45 bits per heavy atom. The molecular weight excluding hydrogens is 652 g/mol. The number of esters is 1. The summed E-state index contributed by atoms with van der Waals surface area (Å²) in [5, 5.41) is 54.8. The average Bonchev–Trinajstić information content (AvgIpc) is 3.04. The van der Waals surface area contributed by atoms with Crippen LogP contribution in [0.1, 0.15) is 82.7 Å². The SMILES string of the molecule is COc1cccc2c1C(=O)c1c(O)c3c(c(O)c1C2=O)C[C@@](O)(C(=O)COC(=O)C(C)(C)CO[N+](=O)[O-])C[C@@H]3O[C@H]1C[C@H](N)[C@H](O)[C@H](C)O1. The Morgan fingerprint density at radius 1 is 1.14 bits per heavy atom. The first-order valence-electron chi connectivity index (χ1n) is 15.2. The zero-order chi connectivity index (χ0) is 36.2. The molecule has 6 N–H and O–H groups in total. The van der Waals surface area contributed by atoms with Crippen LogP contribution in [0.4, 0.5) is 0 Å². The number of benzene rings is 2. The molecule has 0 amide bonds. The fourth-order valence-electron chi connectivity index (χ4n) is 6.34. The van der Waals surface area contributed by atoms with Gasteiger partial charge in [0.25, 0.3) is 5.09 Å². The number of nitrogens with zero attached hydrogens (tertiary/aromatic N) is 1. The topological polar surface area (TPSA) is 265 Å². The number of hydrogen-bond acceptors (Lipinski definition) is 16. The van der Waals surface area contributed by atoms with E-state index < -0.39 is 119 Å². The number of aromatic hydroxyl groups is 2. The van der Waals surface area contributed by atoms with Crippen LogP contribution in [-0.4, -0.2) is 99.3 Å². The molecule has 0 saturated carbocycles. The summed E-state index contributed by atoms with van der Waals surface area (Å²) in [4.78, 5) is 68.7. The van der Waals surface area contributed by atoms with E-state index in [1.807, 2.05) is 0 Å². The van der Waals surface area contributed by atoms with Crippen molar-refractivity contribution in [3.63, 3.8) is 0 Å². The normalized spacial score (nSPS) is 26.2. The second kappa shape index (κ2) is 13.0. The minimum atomic E-state index is -2.46. The Labute approximate surface area is 278 Å². The molecule has 2 aliphatic carbocycles. The number of phenolic OH excluding ortho intramolecular Hbond substituents is 2. The molecule has 0 aromatic heterocycles. The Hall–Kier alpha value is -4.68. The van der Waals surface area contributed by atoms with Gasteiger partial charge in [0, 0.05) is 42.0 Å². The highest BCUT2D eigenvalue weighted by atomic mass is 16.9. The largest absolute Gasteiger partial charge is 0.507 e. The number of aliphatic hydroxyl groups excluding tert-OH is 1. The molecule has 6 atom stereocenters. The summed E-state index contributed by atoms with van der Waals surface area (Å²) in [6.07, 6.45) is -5.92. The molecule has 1 aliphatic heterocycles. The van der Waals surface area contributed by atoms with Crippen LogP contribution in [0.15, 0.2) is 18.2 Å². The maximum Gasteiger partial charge on any atom is 0.313 e. The van der Waals surface area contributed by atoms with Gasteiger partial charge in [-0.25, -0.2) is 0 Å². The number of fused-ring (bicyclic) bond motifs is 3. The number of ether oxygens (including phenoxy) is 4. The molecule has 264 valence electrons. The van der Waals surface area contributed by atoms with Crippen LogP contribution in [0.3, 0.4) is 0 Å². The maximum absolute atomic E-state index is 13.8. The first kappa shape index (κ1) is 35.6. The van der Waals surface area contributed by atoms with Crippen molar-refractivity contribution < 1.29 is 68.5 Å². The molecule has 1 heterocycles. The number of nitrogens with two attached hydrogens (primary N) is 1. The summed E-state index contributed by atoms with van der Waals surface area (Å²) in [5.41, 5.74) is 0.172. The van der Waals surface area contributed by atoms with Crippen LogP contribution in [0, 0.1) is 15.5 Å². The lowest BCUT2D eigenvalue weighted by atomic mass is 9.72. The van der Waals surface area contributed by atoms with Crippen LogP contribution in [0.2, 0.25) is 0 Å². The highest BCUT2D eigenvalue weighted by Gasteiger charge is 2.51. The van der Waals surface area contributed by atoms with Crippen LogP contribution in [-0.2, 0) is 35.1 Å². The number of phenols is 2.